The second-order valence-corrected chi connectivity index (χ2v) is 10.3. The highest BCUT2D eigenvalue weighted by Crippen LogP contribution is 2.49. The van der Waals surface area contributed by atoms with Crippen molar-refractivity contribution in [1.29, 1.82) is 0 Å². The number of benzene rings is 1. The number of carbonyl (C=O) groups excluding carboxylic acids is 2. The molecule has 4 heterocycles. The summed E-state index contributed by atoms with van der Waals surface area (Å²) in [7, 11) is 5.12. The molecule has 0 bridgehead atoms. The molecule has 5 rings (SSSR count). The number of likely N-dealkylation sites (N-methyl/N-ethyl adjacent to an activating group) is 1. The van der Waals surface area contributed by atoms with Crippen molar-refractivity contribution in [3.8, 4) is 11.5 Å². The summed E-state index contributed by atoms with van der Waals surface area (Å²) in [6.45, 7) is 10.1. The Morgan fingerprint density at radius 1 is 1.19 bits per heavy atom. The van der Waals surface area contributed by atoms with Gasteiger partial charge in [-0.2, -0.15) is 0 Å². The van der Waals surface area contributed by atoms with Crippen molar-refractivity contribution in [2.24, 2.45) is 7.05 Å². The van der Waals surface area contributed by atoms with Crippen LogP contribution in [0.2, 0.25) is 0 Å². The highest BCUT2D eigenvalue weighted by atomic mass is 16.5. The van der Waals surface area contributed by atoms with Crippen LogP contribution in [0.25, 0.3) is 0 Å². The van der Waals surface area contributed by atoms with Crippen LogP contribution in [0.15, 0.2) is 28.4 Å². The third kappa shape index (κ3) is 3.69. The predicted octanol–water partition coefficient (Wildman–Crippen LogP) is 3.67. The Morgan fingerprint density at radius 3 is 2.46 bits per heavy atom. The summed E-state index contributed by atoms with van der Waals surface area (Å²) >= 11 is 0. The Balaban J connectivity index is 1.49. The summed E-state index contributed by atoms with van der Waals surface area (Å²) < 4.78 is 18.5. The second kappa shape index (κ2) is 9.11. The van der Waals surface area contributed by atoms with Crippen LogP contribution in [-0.4, -0.2) is 66.0 Å². The number of piperidine rings is 1. The van der Waals surface area contributed by atoms with E-state index in [0.717, 1.165) is 28.3 Å². The first-order valence-corrected chi connectivity index (χ1v) is 13.0. The highest BCUT2D eigenvalue weighted by Gasteiger charge is 2.55. The van der Waals surface area contributed by atoms with Crippen molar-refractivity contribution in [2.45, 2.75) is 58.5 Å². The molecule has 3 amide bonds. The van der Waals surface area contributed by atoms with Gasteiger partial charge in [-0.25, -0.2) is 9.32 Å². The van der Waals surface area contributed by atoms with Crippen LogP contribution in [0.5, 0.6) is 11.5 Å². The van der Waals surface area contributed by atoms with E-state index in [1.165, 1.54) is 0 Å². The minimum absolute atomic E-state index is 0.00845. The molecule has 1 spiro atoms. The van der Waals surface area contributed by atoms with Gasteiger partial charge >= 0.3 is 6.03 Å². The Morgan fingerprint density at radius 2 is 1.89 bits per heavy atom. The maximum absolute atomic E-state index is 13.8. The van der Waals surface area contributed by atoms with Gasteiger partial charge in [0.05, 0.1) is 26.3 Å². The van der Waals surface area contributed by atoms with Gasteiger partial charge in [0.2, 0.25) is 5.69 Å². The molecular formula is C28H37N4O5+. The third-order valence-electron chi connectivity index (χ3n) is 8.46. The number of rotatable bonds is 4. The van der Waals surface area contributed by atoms with Gasteiger partial charge < -0.3 is 19.3 Å². The fraction of sp³-hybridized carbons (Fsp3) is 0.536. The van der Waals surface area contributed by atoms with E-state index >= 15 is 0 Å². The molecule has 1 aromatic heterocycles. The maximum atomic E-state index is 13.8. The summed E-state index contributed by atoms with van der Waals surface area (Å²) in [6, 6.07) is 3.93. The summed E-state index contributed by atoms with van der Waals surface area (Å²) in [5.74, 6) is 2.16. The number of amides is 3. The monoisotopic (exact) mass is 509 g/mol. The van der Waals surface area contributed by atoms with Gasteiger partial charge in [0.15, 0.2) is 18.4 Å². The first-order valence-electron chi connectivity index (χ1n) is 13.0. The quantitative estimate of drug-likeness (QED) is 0.588. The van der Waals surface area contributed by atoms with Crippen LogP contribution in [0.3, 0.4) is 0 Å². The van der Waals surface area contributed by atoms with E-state index in [0.29, 0.717) is 56.1 Å². The first kappa shape index (κ1) is 25.2. The van der Waals surface area contributed by atoms with E-state index in [-0.39, 0.29) is 17.9 Å². The van der Waals surface area contributed by atoms with Crippen molar-refractivity contribution in [2.75, 3.05) is 33.9 Å². The van der Waals surface area contributed by atoms with Crippen molar-refractivity contribution in [3.63, 3.8) is 0 Å². The molecule has 1 atom stereocenters. The number of methoxy groups -OCH3 is 2. The van der Waals surface area contributed by atoms with Crippen molar-refractivity contribution in [3.05, 3.63) is 52.1 Å². The van der Waals surface area contributed by atoms with Crippen LogP contribution in [-0.2, 0) is 13.6 Å². The fourth-order valence-corrected chi connectivity index (χ4v) is 6.54. The number of hydrogen-bond donors (Lipinski definition) is 0. The molecule has 0 aliphatic carbocycles. The predicted molar refractivity (Wildman–Crippen MR) is 137 cm³/mol. The average Bonchev–Trinajstić information content (AvgIpc) is 3.18. The molecule has 3 aliphatic rings. The molecule has 198 valence electrons. The summed E-state index contributed by atoms with van der Waals surface area (Å²) in [6.07, 6.45) is 3.61. The lowest BCUT2D eigenvalue weighted by Crippen LogP contribution is -2.54. The number of urea groups is 1. The van der Waals surface area contributed by atoms with Gasteiger partial charge in [0.25, 0.3) is 5.91 Å². The van der Waals surface area contributed by atoms with Crippen LogP contribution >= 0.6 is 0 Å². The Kier molecular flexibility index (Phi) is 6.20. The molecule has 0 radical (unpaired) electrons. The van der Waals surface area contributed by atoms with E-state index in [4.69, 9.17) is 14.0 Å². The summed E-state index contributed by atoms with van der Waals surface area (Å²) in [5.41, 5.74) is 4.17. The first-order chi connectivity index (χ1) is 17.7. The number of nitrogens with zero attached hydrogens (tertiary/aromatic N) is 4. The zero-order valence-electron chi connectivity index (χ0n) is 22.9. The molecule has 2 saturated heterocycles. The summed E-state index contributed by atoms with van der Waals surface area (Å²) in [4.78, 5) is 33.1. The topological polar surface area (TPSA) is 79.3 Å². The van der Waals surface area contributed by atoms with E-state index in [1.54, 1.807) is 19.0 Å². The lowest BCUT2D eigenvalue weighted by molar-refractivity contribution is -0.850. The van der Waals surface area contributed by atoms with Gasteiger partial charge in [-0.15, -0.1) is 0 Å². The lowest BCUT2D eigenvalue weighted by Gasteiger charge is -2.44. The molecule has 1 unspecified atom stereocenters. The Hall–Kier alpha value is -3.49. The van der Waals surface area contributed by atoms with E-state index in [1.807, 2.05) is 54.7 Å². The largest absolute Gasteiger partial charge is 0.497 e. The van der Waals surface area contributed by atoms with Crippen molar-refractivity contribution >= 4 is 11.9 Å². The molecular weight excluding hydrogens is 472 g/mol. The number of carbonyl (C=O) groups is 2. The maximum Gasteiger partial charge on any atom is 0.325 e. The number of aryl methyl sites for hydroxylation is 2. The zero-order chi connectivity index (χ0) is 26.6. The Labute approximate surface area is 218 Å². The van der Waals surface area contributed by atoms with E-state index < -0.39 is 5.54 Å². The van der Waals surface area contributed by atoms with Gasteiger partial charge in [0.1, 0.15) is 11.5 Å². The lowest BCUT2D eigenvalue weighted by atomic mass is 9.82. The average molecular weight is 510 g/mol. The van der Waals surface area contributed by atoms with Gasteiger partial charge in [0, 0.05) is 56.7 Å². The molecule has 9 nitrogen and oxygen atoms in total. The molecule has 37 heavy (non-hydrogen) atoms. The number of allylic oxidation sites excluding steroid dienone is 1. The molecule has 9 heteroatoms. The van der Waals surface area contributed by atoms with Crippen LogP contribution in [0.4, 0.5) is 4.79 Å². The Bertz CT molecular complexity index is 1290. The van der Waals surface area contributed by atoms with Gasteiger partial charge in [-0.3, -0.25) is 9.69 Å². The van der Waals surface area contributed by atoms with Crippen LogP contribution in [0, 0.1) is 13.8 Å². The smallest absolute Gasteiger partial charge is 0.325 e. The number of fused-ring (bicyclic) bond motifs is 3. The molecule has 2 fully saturated rings. The second-order valence-electron chi connectivity index (χ2n) is 10.3. The SMILES string of the molecule is CCN1C(=O)N2Cc3cc(OC)cc(OC)c3C(C)C=C2C12CCN(C(=O)c1c(C)o[n+](C)c1C)CC2. The molecule has 0 saturated carbocycles. The van der Waals surface area contributed by atoms with Crippen LogP contribution < -0.4 is 14.2 Å². The third-order valence-corrected chi connectivity index (χ3v) is 8.46. The standard InChI is InChI=1S/C28H37N4O5/c1-8-32-27(34)31-16-20-14-21(35-6)15-22(36-7)24(20)17(2)13-23(31)28(32)9-11-30(12-10-28)26(33)25-18(3)29(5)37-19(25)4/h13-15,17H,8-12,16H2,1-7H3/q+1. The molecule has 1 aromatic carbocycles. The van der Waals surface area contributed by atoms with Crippen molar-refractivity contribution < 1.29 is 28.3 Å². The number of hydrogen-bond acceptors (Lipinski definition) is 5. The molecule has 0 N–H and O–H groups in total. The molecule has 2 aromatic rings. The number of likely N-dealkylation sites (tertiary alicyclic amines) is 1. The highest BCUT2D eigenvalue weighted by molar-refractivity contribution is 5.96. The van der Waals surface area contributed by atoms with Gasteiger partial charge in [-0.05, 0) is 36.1 Å². The minimum Gasteiger partial charge on any atom is -0.497 e. The fourth-order valence-electron chi connectivity index (χ4n) is 6.54. The minimum atomic E-state index is -0.443. The van der Waals surface area contributed by atoms with Gasteiger partial charge in [-0.1, -0.05) is 13.0 Å². The van der Waals surface area contributed by atoms with Crippen molar-refractivity contribution in [1.82, 2.24) is 14.7 Å². The van der Waals surface area contributed by atoms with E-state index in [9.17, 15) is 9.59 Å². The zero-order valence-corrected chi connectivity index (χ0v) is 22.9. The number of ether oxygens (including phenoxy) is 2. The summed E-state index contributed by atoms with van der Waals surface area (Å²) in [5, 5.41) is 0. The number of aromatic nitrogens is 1. The van der Waals surface area contributed by atoms with E-state index in [2.05, 4.69) is 13.0 Å². The van der Waals surface area contributed by atoms with Crippen LogP contribution in [0.1, 0.15) is 65.5 Å². The normalized spacial score (nSPS) is 20.5. The molecule has 3 aliphatic heterocycles.